The van der Waals surface area contributed by atoms with E-state index in [1.54, 1.807) is 6.08 Å². The first-order valence-electron chi connectivity index (χ1n) is 8.74. The zero-order valence-electron chi connectivity index (χ0n) is 15.4. The molecule has 3 rings (SSSR count). The fourth-order valence-electron chi connectivity index (χ4n) is 2.84. The minimum Gasteiger partial charge on any atom is -0.402 e. The number of carbonyl (C=O) groups is 1. The largest absolute Gasteiger partial charge is 0.402 e. The highest BCUT2D eigenvalue weighted by Crippen LogP contribution is 2.27. The van der Waals surface area contributed by atoms with Crippen molar-refractivity contribution in [2.24, 2.45) is 4.99 Å². The summed E-state index contributed by atoms with van der Waals surface area (Å²) >= 11 is 6.09. The van der Waals surface area contributed by atoms with E-state index < -0.39 is 10.9 Å². The number of hydrogen-bond acceptors (Lipinski definition) is 6. The maximum Gasteiger partial charge on any atom is 0.363 e. The smallest absolute Gasteiger partial charge is 0.363 e. The quantitative estimate of drug-likeness (QED) is 0.310. The number of aliphatic imine (C=N–C) groups is 1. The van der Waals surface area contributed by atoms with Gasteiger partial charge < -0.3 is 9.64 Å². The Hall–Kier alpha value is -3.19. The average Bonchev–Trinajstić information content (AvgIpc) is 3.04. The van der Waals surface area contributed by atoms with Crippen molar-refractivity contribution in [3.05, 3.63) is 74.4 Å². The Labute approximate surface area is 167 Å². The van der Waals surface area contributed by atoms with Crippen LogP contribution in [0.5, 0.6) is 0 Å². The van der Waals surface area contributed by atoms with Gasteiger partial charge in [0, 0.05) is 30.9 Å². The topological polar surface area (TPSA) is 85.0 Å². The SMILES string of the molecule is CCN(CC)c1ccc(/C=C2\N=C(c3cc([N+](=O)[O-])ccc3Cl)OC2=O)cc1. The second-order valence-electron chi connectivity index (χ2n) is 6.02. The number of cyclic esters (lactones) is 1. The summed E-state index contributed by atoms with van der Waals surface area (Å²) in [6, 6.07) is 11.6. The zero-order valence-corrected chi connectivity index (χ0v) is 16.1. The summed E-state index contributed by atoms with van der Waals surface area (Å²) in [7, 11) is 0. The second-order valence-corrected chi connectivity index (χ2v) is 6.43. The number of esters is 1. The maximum atomic E-state index is 12.2. The molecule has 0 N–H and O–H groups in total. The van der Waals surface area contributed by atoms with Crippen molar-refractivity contribution in [1.29, 1.82) is 0 Å². The monoisotopic (exact) mass is 399 g/mol. The second kappa shape index (κ2) is 8.22. The van der Waals surface area contributed by atoms with Gasteiger partial charge in [-0.15, -0.1) is 0 Å². The number of nitro groups is 1. The van der Waals surface area contributed by atoms with Crippen LogP contribution in [0.25, 0.3) is 6.08 Å². The summed E-state index contributed by atoms with van der Waals surface area (Å²) in [4.78, 5) is 29.0. The molecule has 1 aliphatic rings. The predicted octanol–water partition coefficient (Wildman–Crippen LogP) is 4.44. The summed E-state index contributed by atoms with van der Waals surface area (Å²) in [6.07, 6.45) is 1.60. The molecule has 0 unspecified atom stereocenters. The van der Waals surface area contributed by atoms with Crippen molar-refractivity contribution in [2.45, 2.75) is 13.8 Å². The van der Waals surface area contributed by atoms with Crippen molar-refractivity contribution >= 4 is 40.9 Å². The summed E-state index contributed by atoms with van der Waals surface area (Å²) < 4.78 is 5.17. The molecule has 0 bridgehead atoms. The number of anilines is 1. The van der Waals surface area contributed by atoms with Crippen molar-refractivity contribution < 1.29 is 14.5 Å². The van der Waals surface area contributed by atoms with E-state index in [4.69, 9.17) is 16.3 Å². The van der Waals surface area contributed by atoms with E-state index in [1.165, 1.54) is 18.2 Å². The van der Waals surface area contributed by atoms with E-state index in [9.17, 15) is 14.9 Å². The third-order valence-electron chi connectivity index (χ3n) is 4.34. The van der Waals surface area contributed by atoms with Crippen LogP contribution in [0, 0.1) is 10.1 Å². The first-order chi connectivity index (χ1) is 13.4. The van der Waals surface area contributed by atoms with Crippen LogP contribution in [0.2, 0.25) is 5.02 Å². The van der Waals surface area contributed by atoms with E-state index in [0.717, 1.165) is 24.3 Å². The number of non-ortho nitro benzene ring substituents is 1. The third kappa shape index (κ3) is 4.04. The average molecular weight is 400 g/mol. The Bertz CT molecular complexity index is 979. The molecule has 2 aromatic carbocycles. The van der Waals surface area contributed by atoms with E-state index in [1.807, 2.05) is 24.3 Å². The molecule has 0 aromatic heterocycles. The van der Waals surface area contributed by atoms with Crippen molar-refractivity contribution in [3.8, 4) is 0 Å². The fourth-order valence-corrected chi connectivity index (χ4v) is 3.04. The Morgan fingerprint density at radius 2 is 1.86 bits per heavy atom. The first kappa shape index (κ1) is 19.6. The number of ether oxygens (including phenoxy) is 1. The molecule has 28 heavy (non-hydrogen) atoms. The molecule has 0 atom stereocenters. The van der Waals surface area contributed by atoms with Gasteiger partial charge in [-0.2, -0.15) is 0 Å². The van der Waals surface area contributed by atoms with Gasteiger partial charge in [0.25, 0.3) is 5.69 Å². The number of carbonyl (C=O) groups excluding carboxylic acids is 1. The van der Waals surface area contributed by atoms with Crippen LogP contribution in [-0.4, -0.2) is 29.9 Å². The third-order valence-corrected chi connectivity index (χ3v) is 4.67. The van der Waals surface area contributed by atoms with Crippen LogP contribution < -0.4 is 4.90 Å². The minimum atomic E-state index is -0.634. The van der Waals surface area contributed by atoms with Crippen molar-refractivity contribution in [3.63, 3.8) is 0 Å². The van der Waals surface area contributed by atoms with Gasteiger partial charge in [-0.3, -0.25) is 10.1 Å². The molecule has 0 radical (unpaired) electrons. The first-order valence-corrected chi connectivity index (χ1v) is 9.12. The molecule has 144 valence electrons. The van der Waals surface area contributed by atoms with E-state index >= 15 is 0 Å². The van der Waals surface area contributed by atoms with Gasteiger partial charge in [0.1, 0.15) is 0 Å². The molecule has 8 heteroatoms. The molecule has 0 spiro atoms. The number of nitro benzene ring substituents is 1. The van der Waals surface area contributed by atoms with Crippen LogP contribution in [0.4, 0.5) is 11.4 Å². The molecule has 7 nitrogen and oxygen atoms in total. The van der Waals surface area contributed by atoms with Crippen molar-refractivity contribution in [1.82, 2.24) is 0 Å². The maximum absolute atomic E-state index is 12.2. The molecule has 0 aliphatic carbocycles. The molecule has 0 amide bonds. The van der Waals surface area contributed by atoms with Crippen LogP contribution >= 0.6 is 11.6 Å². The molecule has 2 aromatic rings. The highest BCUT2D eigenvalue weighted by molar-refractivity contribution is 6.34. The van der Waals surface area contributed by atoms with Gasteiger partial charge in [-0.25, -0.2) is 9.79 Å². The summed E-state index contributed by atoms with van der Waals surface area (Å²) in [6.45, 7) is 5.98. The lowest BCUT2D eigenvalue weighted by atomic mass is 10.1. The summed E-state index contributed by atoms with van der Waals surface area (Å²) in [5, 5.41) is 11.2. The lowest BCUT2D eigenvalue weighted by Gasteiger charge is -2.20. The lowest BCUT2D eigenvalue weighted by Crippen LogP contribution is -2.21. The number of nitrogens with zero attached hydrogens (tertiary/aromatic N) is 3. The van der Waals surface area contributed by atoms with Crippen molar-refractivity contribution in [2.75, 3.05) is 18.0 Å². The Morgan fingerprint density at radius 3 is 2.46 bits per heavy atom. The van der Waals surface area contributed by atoms with Gasteiger partial charge in [-0.1, -0.05) is 23.7 Å². The number of halogens is 1. The van der Waals surface area contributed by atoms with Gasteiger partial charge in [0.05, 0.1) is 15.5 Å². The van der Waals surface area contributed by atoms with Crippen LogP contribution in [-0.2, 0) is 9.53 Å². The van der Waals surface area contributed by atoms with Gasteiger partial charge >= 0.3 is 5.97 Å². The summed E-state index contributed by atoms with van der Waals surface area (Å²) in [5.41, 5.74) is 2.02. The number of hydrogen-bond donors (Lipinski definition) is 0. The molecular weight excluding hydrogens is 382 g/mol. The van der Waals surface area contributed by atoms with Gasteiger partial charge in [0.2, 0.25) is 5.90 Å². The Kier molecular flexibility index (Phi) is 5.75. The highest BCUT2D eigenvalue weighted by Gasteiger charge is 2.27. The highest BCUT2D eigenvalue weighted by atomic mass is 35.5. The Balaban J connectivity index is 1.90. The predicted molar refractivity (Wildman–Crippen MR) is 109 cm³/mol. The molecule has 1 aliphatic heterocycles. The van der Waals surface area contributed by atoms with Gasteiger partial charge in [0.15, 0.2) is 5.70 Å². The van der Waals surface area contributed by atoms with Gasteiger partial charge in [-0.05, 0) is 43.7 Å². The van der Waals surface area contributed by atoms with Crippen LogP contribution in [0.1, 0.15) is 25.0 Å². The standard InChI is InChI=1S/C20H18ClN3O4/c1-3-23(4-2)14-7-5-13(6-8-14)11-18-20(25)28-19(22-18)16-12-15(24(26)27)9-10-17(16)21/h5-12H,3-4H2,1-2H3/b18-11-. The van der Waals surface area contributed by atoms with Crippen LogP contribution in [0.15, 0.2) is 53.2 Å². The van der Waals surface area contributed by atoms with E-state index in [2.05, 4.69) is 23.7 Å². The van der Waals surface area contributed by atoms with E-state index in [-0.39, 0.29) is 27.9 Å². The van der Waals surface area contributed by atoms with Crippen LogP contribution in [0.3, 0.4) is 0 Å². The molecule has 1 heterocycles. The fraction of sp³-hybridized carbons (Fsp3) is 0.200. The molecule has 0 saturated heterocycles. The normalized spacial score (nSPS) is 14.8. The molecule has 0 fully saturated rings. The molecule has 0 saturated carbocycles. The van der Waals surface area contributed by atoms with E-state index in [0.29, 0.717) is 0 Å². The minimum absolute atomic E-state index is 0.0512. The zero-order chi connectivity index (χ0) is 20.3. The molecular formula is C20H18ClN3O4. The lowest BCUT2D eigenvalue weighted by molar-refractivity contribution is -0.384. The summed E-state index contributed by atoms with van der Waals surface area (Å²) in [5.74, 6) is -0.685. The number of rotatable bonds is 6. The number of benzene rings is 2. The Morgan fingerprint density at radius 1 is 1.18 bits per heavy atom.